The average Bonchev–Trinajstić information content (AvgIpc) is 2.78. The lowest BCUT2D eigenvalue weighted by molar-refractivity contribution is -0.139. The summed E-state index contributed by atoms with van der Waals surface area (Å²) in [6.45, 7) is 2.44. The molecule has 0 radical (unpaired) electrons. The molecule has 1 saturated heterocycles. The van der Waals surface area contributed by atoms with Gasteiger partial charge in [-0.15, -0.1) is 0 Å². The summed E-state index contributed by atoms with van der Waals surface area (Å²) < 4.78 is 45.3. The van der Waals surface area contributed by atoms with Crippen molar-refractivity contribution in [3.63, 3.8) is 0 Å². The highest BCUT2D eigenvalue weighted by atomic mass is 19.4. The summed E-state index contributed by atoms with van der Waals surface area (Å²) in [5.74, 6) is -1.22. The van der Waals surface area contributed by atoms with Gasteiger partial charge in [0.05, 0.1) is 18.2 Å². The number of carbonyl (C=O) groups excluding carboxylic acids is 2. The van der Waals surface area contributed by atoms with Crippen LogP contribution in [0.5, 0.6) is 0 Å². The second-order valence-corrected chi connectivity index (χ2v) is 6.13. The number of amides is 2. The van der Waals surface area contributed by atoms with Crippen molar-refractivity contribution in [2.24, 2.45) is 0 Å². The zero-order chi connectivity index (χ0) is 17.6. The van der Waals surface area contributed by atoms with Crippen molar-refractivity contribution < 1.29 is 27.5 Å². The standard InChI is InChI=1S/C16H17F3N2O3/c1-9(22)21-8-13-12(15(21)23)3-10(4-14(13)16(17,18)19)5-20-6-11(7-20)24-2/h3-4,11H,5-8H2,1-2H3. The van der Waals surface area contributed by atoms with Crippen molar-refractivity contribution in [3.05, 3.63) is 34.4 Å². The average molecular weight is 342 g/mol. The quantitative estimate of drug-likeness (QED) is 0.844. The molecule has 8 heteroatoms. The van der Waals surface area contributed by atoms with E-state index in [9.17, 15) is 22.8 Å². The molecule has 1 fully saturated rings. The Morgan fingerprint density at radius 2 is 2.00 bits per heavy atom. The minimum atomic E-state index is -4.57. The number of alkyl halides is 3. The van der Waals surface area contributed by atoms with Gasteiger partial charge in [0, 0.05) is 39.2 Å². The van der Waals surface area contributed by atoms with E-state index >= 15 is 0 Å². The number of rotatable bonds is 3. The number of benzene rings is 1. The maximum atomic E-state index is 13.4. The van der Waals surface area contributed by atoms with Crippen molar-refractivity contribution in [2.75, 3.05) is 20.2 Å². The molecule has 2 heterocycles. The van der Waals surface area contributed by atoms with Crippen LogP contribution in [0, 0.1) is 0 Å². The summed E-state index contributed by atoms with van der Waals surface area (Å²) in [7, 11) is 1.59. The van der Waals surface area contributed by atoms with Gasteiger partial charge in [0.25, 0.3) is 5.91 Å². The highest BCUT2D eigenvalue weighted by Gasteiger charge is 2.41. The molecule has 24 heavy (non-hydrogen) atoms. The van der Waals surface area contributed by atoms with Crippen LogP contribution in [0.4, 0.5) is 13.2 Å². The van der Waals surface area contributed by atoms with Crippen molar-refractivity contribution in [1.82, 2.24) is 9.80 Å². The Morgan fingerprint density at radius 1 is 1.33 bits per heavy atom. The molecule has 3 rings (SSSR count). The fraction of sp³-hybridized carbons (Fsp3) is 0.500. The fourth-order valence-corrected chi connectivity index (χ4v) is 3.13. The number of hydrogen-bond acceptors (Lipinski definition) is 4. The molecule has 0 bridgehead atoms. The van der Waals surface area contributed by atoms with Gasteiger partial charge >= 0.3 is 6.18 Å². The van der Waals surface area contributed by atoms with Crippen LogP contribution >= 0.6 is 0 Å². The molecule has 2 aliphatic heterocycles. The predicted octanol–water partition coefficient (Wildman–Crippen LogP) is 2.04. The Labute approximate surface area is 137 Å². The van der Waals surface area contributed by atoms with Gasteiger partial charge in [0.2, 0.25) is 5.91 Å². The zero-order valence-corrected chi connectivity index (χ0v) is 13.3. The highest BCUT2D eigenvalue weighted by molar-refractivity contribution is 6.07. The van der Waals surface area contributed by atoms with Crippen LogP contribution in [0.2, 0.25) is 0 Å². The molecule has 1 aromatic carbocycles. The first-order valence-electron chi connectivity index (χ1n) is 7.51. The van der Waals surface area contributed by atoms with Crippen LogP contribution in [-0.2, 0) is 28.8 Å². The molecule has 0 atom stereocenters. The Balaban J connectivity index is 1.94. The Kier molecular flexibility index (Phi) is 4.13. The number of halogens is 3. The van der Waals surface area contributed by atoms with E-state index in [0.29, 0.717) is 25.2 Å². The maximum Gasteiger partial charge on any atom is 0.416 e. The van der Waals surface area contributed by atoms with Gasteiger partial charge in [-0.1, -0.05) is 0 Å². The van der Waals surface area contributed by atoms with E-state index in [-0.39, 0.29) is 23.8 Å². The van der Waals surface area contributed by atoms with Crippen molar-refractivity contribution in [2.45, 2.75) is 32.3 Å². The first-order valence-corrected chi connectivity index (χ1v) is 7.51. The largest absolute Gasteiger partial charge is 0.416 e. The molecule has 0 saturated carbocycles. The number of likely N-dealkylation sites (tertiary alicyclic amines) is 1. The first kappa shape index (κ1) is 16.9. The minimum absolute atomic E-state index is 0.0289. The second-order valence-electron chi connectivity index (χ2n) is 6.13. The van der Waals surface area contributed by atoms with Crippen molar-refractivity contribution in [3.8, 4) is 0 Å². The van der Waals surface area contributed by atoms with Crippen LogP contribution in [0.1, 0.15) is 34.0 Å². The van der Waals surface area contributed by atoms with Crippen molar-refractivity contribution >= 4 is 11.8 Å². The molecule has 2 amide bonds. The van der Waals surface area contributed by atoms with Gasteiger partial charge in [0.15, 0.2) is 0 Å². The predicted molar refractivity (Wildman–Crippen MR) is 78.1 cm³/mol. The highest BCUT2D eigenvalue weighted by Crippen LogP contribution is 2.38. The van der Waals surface area contributed by atoms with E-state index in [1.54, 1.807) is 7.11 Å². The molecule has 2 aliphatic rings. The molecule has 1 aromatic rings. The topological polar surface area (TPSA) is 49.9 Å². The third-order valence-electron chi connectivity index (χ3n) is 4.45. The zero-order valence-electron chi connectivity index (χ0n) is 13.3. The summed E-state index contributed by atoms with van der Waals surface area (Å²) in [6, 6.07) is 2.55. The molecule has 0 spiro atoms. The van der Waals surface area contributed by atoms with Gasteiger partial charge in [-0.2, -0.15) is 13.2 Å². The Bertz CT molecular complexity index is 697. The van der Waals surface area contributed by atoms with Crippen LogP contribution in [0.25, 0.3) is 0 Å². The number of carbonyl (C=O) groups is 2. The van der Waals surface area contributed by atoms with Gasteiger partial charge in [-0.25, -0.2) is 0 Å². The lowest BCUT2D eigenvalue weighted by Gasteiger charge is -2.38. The van der Waals surface area contributed by atoms with Gasteiger partial charge < -0.3 is 4.74 Å². The SMILES string of the molecule is COC1CN(Cc2cc3c(c(C(F)(F)F)c2)CN(C(C)=O)C3=O)C1. The van der Waals surface area contributed by atoms with E-state index in [0.717, 1.165) is 11.0 Å². The van der Waals surface area contributed by atoms with Crippen LogP contribution in [0.15, 0.2) is 12.1 Å². The number of ether oxygens (including phenoxy) is 1. The third-order valence-corrected chi connectivity index (χ3v) is 4.45. The normalized spacial score (nSPS) is 18.7. The Hall–Kier alpha value is -1.93. The smallest absolute Gasteiger partial charge is 0.379 e. The maximum absolute atomic E-state index is 13.4. The lowest BCUT2D eigenvalue weighted by atomic mass is 9.98. The van der Waals surface area contributed by atoms with E-state index in [1.807, 2.05) is 4.90 Å². The number of methoxy groups -OCH3 is 1. The number of nitrogens with zero attached hydrogens (tertiary/aromatic N) is 2. The summed E-state index contributed by atoms with van der Waals surface area (Å²) in [6.07, 6.45) is -4.48. The van der Waals surface area contributed by atoms with Crippen LogP contribution < -0.4 is 0 Å². The number of imide groups is 1. The third kappa shape index (κ3) is 2.91. The summed E-state index contributed by atoms with van der Waals surface area (Å²) in [5, 5.41) is 0. The van der Waals surface area contributed by atoms with Gasteiger partial charge in [-0.05, 0) is 23.3 Å². The summed E-state index contributed by atoms with van der Waals surface area (Å²) in [4.78, 5) is 26.5. The van der Waals surface area contributed by atoms with E-state index < -0.39 is 23.6 Å². The summed E-state index contributed by atoms with van der Waals surface area (Å²) >= 11 is 0. The molecular formula is C16H17F3N2O3. The lowest BCUT2D eigenvalue weighted by Crippen LogP contribution is -2.50. The monoisotopic (exact) mass is 342 g/mol. The fourth-order valence-electron chi connectivity index (χ4n) is 3.13. The molecule has 0 unspecified atom stereocenters. The Morgan fingerprint density at radius 3 is 2.54 bits per heavy atom. The van der Waals surface area contributed by atoms with Crippen LogP contribution in [0.3, 0.4) is 0 Å². The van der Waals surface area contributed by atoms with Gasteiger partial charge in [-0.3, -0.25) is 19.4 Å². The van der Waals surface area contributed by atoms with E-state index in [1.165, 1.54) is 13.0 Å². The second kappa shape index (κ2) is 5.86. The molecule has 130 valence electrons. The molecular weight excluding hydrogens is 325 g/mol. The van der Waals surface area contributed by atoms with E-state index in [4.69, 9.17) is 4.74 Å². The first-order chi connectivity index (χ1) is 11.2. The minimum Gasteiger partial charge on any atom is -0.379 e. The molecule has 0 aromatic heterocycles. The number of fused-ring (bicyclic) bond motifs is 1. The van der Waals surface area contributed by atoms with Crippen molar-refractivity contribution in [1.29, 1.82) is 0 Å². The molecule has 0 aliphatic carbocycles. The molecule has 0 N–H and O–H groups in total. The van der Waals surface area contributed by atoms with Gasteiger partial charge in [0.1, 0.15) is 0 Å². The summed E-state index contributed by atoms with van der Waals surface area (Å²) in [5.41, 5.74) is -0.575. The van der Waals surface area contributed by atoms with Crippen LogP contribution in [-0.4, -0.2) is 47.9 Å². The number of hydrogen-bond donors (Lipinski definition) is 0. The van der Waals surface area contributed by atoms with E-state index in [2.05, 4.69) is 0 Å². The molecule has 5 nitrogen and oxygen atoms in total.